The number of nitrogens with two attached hydrogens (primary N) is 1. The molecule has 0 aromatic heterocycles. The highest BCUT2D eigenvalue weighted by Crippen LogP contribution is 2.28. The van der Waals surface area contributed by atoms with Crippen LogP contribution < -0.4 is 15.4 Å². The Hall–Kier alpha value is -1.03. The average molecular weight is 268 g/mol. The molecule has 102 valence electrons. The van der Waals surface area contributed by atoms with Crippen LogP contribution in [0.1, 0.15) is 20.3 Å². The van der Waals surface area contributed by atoms with E-state index in [1.165, 1.54) is 12.2 Å². The van der Waals surface area contributed by atoms with E-state index in [4.69, 9.17) is 10.5 Å². The molecule has 18 heavy (non-hydrogen) atoms. The summed E-state index contributed by atoms with van der Waals surface area (Å²) in [7, 11) is 2.12. The molecule has 0 aliphatic carbocycles. The molecule has 0 bridgehead atoms. The first-order chi connectivity index (χ1) is 8.60. The molecule has 0 radical (unpaired) electrons. The normalized spacial score (nSPS) is 12.2. The highest BCUT2D eigenvalue weighted by Gasteiger charge is 2.11. The average Bonchev–Trinajstić information content (AvgIpc) is 2.38. The Labute approximate surface area is 115 Å². The summed E-state index contributed by atoms with van der Waals surface area (Å²) in [6.07, 6.45) is 3.31. The molecule has 0 spiro atoms. The van der Waals surface area contributed by atoms with Crippen LogP contribution in [0.4, 0.5) is 11.4 Å². The van der Waals surface area contributed by atoms with Crippen LogP contribution in [-0.2, 0) is 0 Å². The molecule has 0 aliphatic rings. The molecular weight excluding hydrogens is 244 g/mol. The van der Waals surface area contributed by atoms with E-state index in [0.29, 0.717) is 18.3 Å². The first-order valence-corrected chi connectivity index (χ1v) is 7.73. The maximum atomic E-state index is 5.89. The van der Waals surface area contributed by atoms with Gasteiger partial charge in [-0.1, -0.05) is 0 Å². The Morgan fingerprint density at radius 3 is 2.78 bits per heavy atom. The van der Waals surface area contributed by atoms with Gasteiger partial charge in [-0.3, -0.25) is 0 Å². The Kier molecular flexibility index (Phi) is 6.19. The second kappa shape index (κ2) is 7.41. The highest BCUT2D eigenvalue weighted by atomic mass is 32.2. The van der Waals surface area contributed by atoms with Crippen LogP contribution in [0.3, 0.4) is 0 Å². The van der Waals surface area contributed by atoms with Crippen molar-refractivity contribution in [2.45, 2.75) is 26.3 Å². The van der Waals surface area contributed by atoms with Crippen LogP contribution in [0.5, 0.6) is 5.75 Å². The zero-order valence-electron chi connectivity index (χ0n) is 11.8. The van der Waals surface area contributed by atoms with Gasteiger partial charge in [0.05, 0.1) is 12.3 Å². The van der Waals surface area contributed by atoms with E-state index in [0.717, 1.165) is 11.4 Å². The van der Waals surface area contributed by atoms with E-state index in [2.05, 4.69) is 25.1 Å². The summed E-state index contributed by atoms with van der Waals surface area (Å²) in [4.78, 5) is 2.28. The van der Waals surface area contributed by atoms with Gasteiger partial charge >= 0.3 is 0 Å². The number of anilines is 2. The summed E-state index contributed by atoms with van der Waals surface area (Å²) in [5.74, 6) is 1.96. The SMILES string of the molecule is CCOc1cc(N(C)C(C)CCSC)ccc1N. The number of nitrogen functional groups attached to an aromatic ring is 1. The molecular formula is C14H24N2OS. The first kappa shape index (κ1) is 15.0. The van der Waals surface area contributed by atoms with E-state index in [-0.39, 0.29) is 0 Å². The molecule has 2 N–H and O–H groups in total. The van der Waals surface area contributed by atoms with Gasteiger partial charge < -0.3 is 15.4 Å². The predicted octanol–water partition coefficient (Wildman–Crippen LogP) is 3.25. The largest absolute Gasteiger partial charge is 0.492 e. The zero-order valence-corrected chi connectivity index (χ0v) is 12.6. The predicted molar refractivity (Wildman–Crippen MR) is 82.9 cm³/mol. The number of ether oxygens (including phenoxy) is 1. The first-order valence-electron chi connectivity index (χ1n) is 6.34. The minimum atomic E-state index is 0.510. The summed E-state index contributed by atoms with van der Waals surface area (Å²) >= 11 is 1.88. The quantitative estimate of drug-likeness (QED) is 0.770. The van der Waals surface area contributed by atoms with Crippen molar-refractivity contribution in [1.82, 2.24) is 0 Å². The lowest BCUT2D eigenvalue weighted by molar-refractivity contribution is 0.342. The smallest absolute Gasteiger partial charge is 0.144 e. The van der Waals surface area contributed by atoms with Gasteiger partial charge in [-0.2, -0.15) is 11.8 Å². The Bertz CT molecular complexity index is 371. The zero-order chi connectivity index (χ0) is 13.5. The topological polar surface area (TPSA) is 38.5 Å². The number of hydrogen-bond acceptors (Lipinski definition) is 4. The maximum absolute atomic E-state index is 5.89. The van der Waals surface area contributed by atoms with Crippen LogP contribution in [0.15, 0.2) is 18.2 Å². The van der Waals surface area contributed by atoms with Crippen molar-refractivity contribution in [3.63, 3.8) is 0 Å². The minimum absolute atomic E-state index is 0.510. The van der Waals surface area contributed by atoms with Crippen LogP contribution in [0.25, 0.3) is 0 Å². The van der Waals surface area contributed by atoms with Gasteiger partial charge in [-0.15, -0.1) is 0 Å². The van der Waals surface area contributed by atoms with Gasteiger partial charge in [0.2, 0.25) is 0 Å². The van der Waals surface area contributed by atoms with Crippen molar-refractivity contribution in [3.05, 3.63) is 18.2 Å². The number of nitrogens with zero attached hydrogens (tertiary/aromatic N) is 1. The molecule has 1 rings (SSSR count). The highest BCUT2D eigenvalue weighted by molar-refractivity contribution is 7.98. The number of thioether (sulfide) groups is 1. The fourth-order valence-electron chi connectivity index (χ4n) is 1.76. The lowest BCUT2D eigenvalue weighted by Crippen LogP contribution is -2.29. The third-order valence-corrected chi connectivity index (χ3v) is 3.75. The van der Waals surface area contributed by atoms with Crippen LogP contribution in [0, 0.1) is 0 Å². The lowest BCUT2D eigenvalue weighted by Gasteiger charge is -2.27. The van der Waals surface area contributed by atoms with Gasteiger partial charge in [0.25, 0.3) is 0 Å². The summed E-state index contributed by atoms with van der Waals surface area (Å²) in [6.45, 7) is 4.85. The van der Waals surface area contributed by atoms with Gasteiger partial charge in [0.15, 0.2) is 0 Å². The third-order valence-electron chi connectivity index (χ3n) is 3.11. The van der Waals surface area contributed by atoms with Gasteiger partial charge in [-0.25, -0.2) is 0 Å². The molecule has 0 aliphatic heterocycles. The fraction of sp³-hybridized carbons (Fsp3) is 0.571. The van der Waals surface area contributed by atoms with Crippen molar-refractivity contribution in [2.75, 3.05) is 36.3 Å². The standard InChI is InChI=1S/C14H24N2OS/c1-5-17-14-10-12(6-7-13(14)15)16(3)11(2)8-9-18-4/h6-7,10-11H,5,8-9,15H2,1-4H3. The Morgan fingerprint density at radius 2 is 2.17 bits per heavy atom. The summed E-state index contributed by atoms with van der Waals surface area (Å²) in [6, 6.07) is 6.50. The Morgan fingerprint density at radius 1 is 1.44 bits per heavy atom. The molecule has 0 saturated carbocycles. The molecule has 4 heteroatoms. The molecule has 1 aromatic carbocycles. The molecule has 3 nitrogen and oxygen atoms in total. The van der Waals surface area contributed by atoms with E-state index < -0.39 is 0 Å². The molecule has 1 unspecified atom stereocenters. The second-order valence-electron chi connectivity index (χ2n) is 4.40. The molecule has 1 atom stereocenters. The lowest BCUT2D eigenvalue weighted by atomic mass is 10.2. The van der Waals surface area contributed by atoms with Crippen LogP contribution in [0.2, 0.25) is 0 Å². The summed E-state index contributed by atoms with van der Waals surface area (Å²) < 4.78 is 5.53. The number of rotatable bonds is 7. The van der Waals surface area contributed by atoms with Crippen molar-refractivity contribution < 1.29 is 4.74 Å². The fourth-order valence-corrected chi connectivity index (χ4v) is 2.34. The third kappa shape index (κ3) is 4.02. The molecule has 0 saturated heterocycles. The van der Waals surface area contributed by atoms with Gasteiger partial charge in [-0.05, 0) is 44.4 Å². The van der Waals surface area contributed by atoms with Crippen molar-refractivity contribution in [1.29, 1.82) is 0 Å². The molecule has 1 aromatic rings. The van der Waals surface area contributed by atoms with E-state index in [9.17, 15) is 0 Å². The van der Waals surface area contributed by atoms with E-state index in [1.54, 1.807) is 0 Å². The molecule has 0 amide bonds. The maximum Gasteiger partial charge on any atom is 0.144 e. The molecule has 0 heterocycles. The molecule has 0 fully saturated rings. The second-order valence-corrected chi connectivity index (χ2v) is 5.38. The number of benzene rings is 1. The summed E-state index contributed by atoms with van der Waals surface area (Å²) in [5, 5.41) is 0. The van der Waals surface area contributed by atoms with Crippen LogP contribution >= 0.6 is 11.8 Å². The van der Waals surface area contributed by atoms with Gasteiger partial charge in [0, 0.05) is 24.8 Å². The van der Waals surface area contributed by atoms with E-state index in [1.807, 2.05) is 36.9 Å². The van der Waals surface area contributed by atoms with Crippen molar-refractivity contribution in [2.24, 2.45) is 0 Å². The summed E-state index contributed by atoms with van der Waals surface area (Å²) in [5.41, 5.74) is 7.74. The Balaban J connectivity index is 2.78. The van der Waals surface area contributed by atoms with Crippen molar-refractivity contribution in [3.8, 4) is 5.75 Å². The minimum Gasteiger partial charge on any atom is -0.492 e. The van der Waals surface area contributed by atoms with Gasteiger partial charge in [0.1, 0.15) is 5.75 Å². The van der Waals surface area contributed by atoms with Crippen LogP contribution in [-0.4, -0.2) is 31.7 Å². The van der Waals surface area contributed by atoms with Crippen molar-refractivity contribution >= 4 is 23.1 Å². The number of hydrogen-bond donors (Lipinski definition) is 1. The monoisotopic (exact) mass is 268 g/mol. The van der Waals surface area contributed by atoms with E-state index >= 15 is 0 Å².